The van der Waals surface area contributed by atoms with E-state index in [0.717, 1.165) is 32.7 Å². The normalized spacial score (nSPS) is 18.1. The molecule has 0 aliphatic carbocycles. The first-order valence-corrected chi connectivity index (χ1v) is 6.20. The number of rotatable bonds is 5. The van der Waals surface area contributed by atoms with Gasteiger partial charge in [0.05, 0.1) is 6.61 Å². The van der Waals surface area contributed by atoms with E-state index >= 15 is 0 Å². The Morgan fingerprint density at radius 3 is 2.53 bits per heavy atom. The van der Waals surface area contributed by atoms with E-state index in [4.69, 9.17) is 9.47 Å². The first kappa shape index (κ1) is 14.4. The molecule has 0 spiro atoms. The number of hydrogen-bond donors (Lipinski definition) is 1. The molecule has 1 aliphatic rings. The zero-order chi connectivity index (χ0) is 12.7. The van der Waals surface area contributed by atoms with Gasteiger partial charge in [-0.2, -0.15) is 0 Å². The predicted molar refractivity (Wildman–Crippen MR) is 66.0 cm³/mol. The highest BCUT2D eigenvalue weighted by atomic mass is 16.6. The SMILES string of the molecule is CC(C)(C)OC(=O)COCCN1CCNCC1. The minimum Gasteiger partial charge on any atom is -0.458 e. The van der Waals surface area contributed by atoms with E-state index in [2.05, 4.69) is 10.2 Å². The van der Waals surface area contributed by atoms with E-state index < -0.39 is 5.60 Å². The van der Waals surface area contributed by atoms with Gasteiger partial charge in [0.25, 0.3) is 0 Å². The third kappa shape index (κ3) is 7.31. The van der Waals surface area contributed by atoms with Crippen LogP contribution in [0.1, 0.15) is 20.8 Å². The molecule has 100 valence electrons. The van der Waals surface area contributed by atoms with Gasteiger partial charge in [0, 0.05) is 32.7 Å². The summed E-state index contributed by atoms with van der Waals surface area (Å²) in [5.74, 6) is -0.294. The summed E-state index contributed by atoms with van der Waals surface area (Å²) >= 11 is 0. The molecule has 0 radical (unpaired) electrons. The minimum absolute atomic E-state index is 0.0450. The molecule has 1 heterocycles. The molecule has 1 fully saturated rings. The van der Waals surface area contributed by atoms with Crippen molar-refractivity contribution in [1.82, 2.24) is 10.2 Å². The highest BCUT2D eigenvalue weighted by Crippen LogP contribution is 2.06. The number of piperazine rings is 1. The van der Waals surface area contributed by atoms with Gasteiger partial charge < -0.3 is 14.8 Å². The summed E-state index contributed by atoms with van der Waals surface area (Å²) in [5.41, 5.74) is -0.432. The zero-order valence-electron chi connectivity index (χ0n) is 11.1. The maximum absolute atomic E-state index is 11.3. The van der Waals surface area contributed by atoms with Crippen LogP contribution in [0.15, 0.2) is 0 Å². The van der Waals surface area contributed by atoms with Crippen LogP contribution in [0.25, 0.3) is 0 Å². The molecule has 5 heteroatoms. The lowest BCUT2D eigenvalue weighted by atomic mass is 10.2. The molecule has 0 bridgehead atoms. The molecule has 0 aromatic heterocycles. The van der Waals surface area contributed by atoms with Crippen LogP contribution >= 0.6 is 0 Å². The maximum Gasteiger partial charge on any atom is 0.332 e. The van der Waals surface area contributed by atoms with Crippen molar-refractivity contribution in [2.75, 3.05) is 45.9 Å². The van der Waals surface area contributed by atoms with Crippen LogP contribution in [0, 0.1) is 0 Å². The van der Waals surface area contributed by atoms with Crippen LogP contribution in [0.3, 0.4) is 0 Å². The van der Waals surface area contributed by atoms with Crippen molar-refractivity contribution in [2.45, 2.75) is 26.4 Å². The number of carbonyl (C=O) groups excluding carboxylic acids is 1. The van der Waals surface area contributed by atoms with Crippen molar-refractivity contribution in [3.05, 3.63) is 0 Å². The Bertz CT molecular complexity index is 232. The lowest BCUT2D eigenvalue weighted by Crippen LogP contribution is -2.44. The molecular weight excluding hydrogens is 220 g/mol. The van der Waals surface area contributed by atoms with Crippen molar-refractivity contribution in [2.24, 2.45) is 0 Å². The molecule has 0 atom stereocenters. The Labute approximate surface area is 103 Å². The third-order valence-electron chi connectivity index (χ3n) is 2.40. The second-order valence-electron chi connectivity index (χ2n) is 5.23. The minimum atomic E-state index is -0.432. The Morgan fingerprint density at radius 1 is 1.29 bits per heavy atom. The van der Waals surface area contributed by atoms with Crippen molar-refractivity contribution in [3.63, 3.8) is 0 Å². The van der Waals surface area contributed by atoms with E-state index in [1.54, 1.807) is 0 Å². The van der Waals surface area contributed by atoms with Crippen molar-refractivity contribution in [3.8, 4) is 0 Å². The molecule has 0 amide bonds. The first-order chi connectivity index (χ1) is 7.97. The molecule has 17 heavy (non-hydrogen) atoms. The van der Waals surface area contributed by atoms with Gasteiger partial charge >= 0.3 is 5.97 Å². The number of hydrogen-bond acceptors (Lipinski definition) is 5. The third-order valence-corrected chi connectivity index (χ3v) is 2.40. The molecule has 0 aromatic carbocycles. The van der Waals surface area contributed by atoms with Gasteiger partial charge in [-0.05, 0) is 20.8 Å². The first-order valence-electron chi connectivity index (χ1n) is 6.20. The van der Waals surface area contributed by atoms with Gasteiger partial charge in [0.15, 0.2) is 0 Å². The summed E-state index contributed by atoms with van der Waals surface area (Å²) in [6.07, 6.45) is 0. The molecule has 0 unspecified atom stereocenters. The predicted octanol–water partition coefficient (Wildman–Crippen LogP) is 0.250. The topological polar surface area (TPSA) is 50.8 Å². The Kier molecular flexibility index (Phi) is 5.88. The van der Waals surface area contributed by atoms with E-state index in [0.29, 0.717) is 6.61 Å². The van der Waals surface area contributed by atoms with Gasteiger partial charge in [-0.25, -0.2) is 4.79 Å². The number of nitrogens with zero attached hydrogens (tertiary/aromatic N) is 1. The summed E-state index contributed by atoms with van der Waals surface area (Å²) in [6, 6.07) is 0. The fourth-order valence-corrected chi connectivity index (χ4v) is 1.65. The van der Waals surface area contributed by atoms with Gasteiger partial charge in [-0.1, -0.05) is 0 Å². The van der Waals surface area contributed by atoms with Crippen LogP contribution in [-0.2, 0) is 14.3 Å². The van der Waals surface area contributed by atoms with Gasteiger partial charge in [-0.3, -0.25) is 4.90 Å². The lowest BCUT2D eigenvalue weighted by molar-refractivity contribution is -0.160. The summed E-state index contributed by atoms with van der Waals surface area (Å²) in [4.78, 5) is 13.7. The fraction of sp³-hybridized carbons (Fsp3) is 0.917. The standard InChI is InChI=1S/C12H24N2O3/c1-12(2,3)17-11(15)10-16-9-8-14-6-4-13-5-7-14/h13H,4-10H2,1-3H3. The second kappa shape index (κ2) is 6.93. The van der Waals surface area contributed by atoms with E-state index in [9.17, 15) is 4.79 Å². The van der Waals surface area contributed by atoms with Gasteiger partial charge in [0.2, 0.25) is 0 Å². The van der Waals surface area contributed by atoms with E-state index in [1.807, 2.05) is 20.8 Å². The van der Waals surface area contributed by atoms with Crippen LogP contribution in [0.4, 0.5) is 0 Å². The molecule has 1 aliphatic heterocycles. The van der Waals surface area contributed by atoms with Crippen molar-refractivity contribution >= 4 is 5.97 Å². The number of nitrogens with one attached hydrogen (secondary N) is 1. The monoisotopic (exact) mass is 244 g/mol. The molecule has 0 aromatic rings. The molecule has 5 nitrogen and oxygen atoms in total. The summed E-state index contributed by atoms with van der Waals surface area (Å²) in [7, 11) is 0. The Morgan fingerprint density at radius 2 is 1.94 bits per heavy atom. The maximum atomic E-state index is 11.3. The summed E-state index contributed by atoms with van der Waals surface area (Å²) < 4.78 is 10.4. The number of carbonyl (C=O) groups is 1. The quantitative estimate of drug-likeness (QED) is 0.555. The van der Waals surface area contributed by atoms with Crippen molar-refractivity contribution < 1.29 is 14.3 Å². The second-order valence-corrected chi connectivity index (χ2v) is 5.23. The van der Waals surface area contributed by atoms with Gasteiger partial charge in [-0.15, -0.1) is 0 Å². The highest BCUT2D eigenvalue weighted by molar-refractivity contribution is 5.71. The van der Waals surface area contributed by atoms with Gasteiger partial charge in [0.1, 0.15) is 12.2 Å². The Balaban J connectivity index is 2.01. The Hall–Kier alpha value is -0.650. The van der Waals surface area contributed by atoms with Crippen LogP contribution < -0.4 is 5.32 Å². The van der Waals surface area contributed by atoms with Crippen LogP contribution in [0.2, 0.25) is 0 Å². The zero-order valence-corrected chi connectivity index (χ0v) is 11.1. The van der Waals surface area contributed by atoms with Crippen LogP contribution in [-0.4, -0.2) is 62.4 Å². The van der Waals surface area contributed by atoms with E-state index in [1.165, 1.54) is 0 Å². The lowest BCUT2D eigenvalue weighted by Gasteiger charge is -2.26. The molecule has 1 rings (SSSR count). The fourth-order valence-electron chi connectivity index (χ4n) is 1.65. The smallest absolute Gasteiger partial charge is 0.332 e. The highest BCUT2D eigenvalue weighted by Gasteiger charge is 2.16. The average molecular weight is 244 g/mol. The largest absolute Gasteiger partial charge is 0.458 e. The molecule has 1 N–H and O–H groups in total. The molecule has 1 saturated heterocycles. The molecule has 0 saturated carbocycles. The molecular formula is C12H24N2O3. The summed E-state index contributed by atoms with van der Waals surface area (Å²) in [6.45, 7) is 11.2. The number of ether oxygens (including phenoxy) is 2. The van der Waals surface area contributed by atoms with Crippen LogP contribution in [0.5, 0.6) is 0 Å². The van der Waals surface area contributed by atoms with Crippen molar-refractivity contribution in [1.29, 1.82) is 0 Å². The van der Waals surface area contributed by atoms with E-state index in [-0.39, 0.29) is 12.6 Å². The average Bonchev–Trinajstić information content (AvgIpc) is 2.23. The summed E-state index contributed by atoms with van der Waals surface area (Å²) in [5, 5.41) is 3.29. The number of esters is 1.